The molecule has 0 aliphatic carbocycles. The Morgan fingerprint density at radius 1 is 0.951 bits per heavy atom. The van der Waals surface area contributed by atoms with Crippen LogP contribution in [0.3, 0.4) is 0 Å². The van der Waals surface area contributed by atoms with Gasteiger partial charge in [-0.2, -0.15) is 0 Å². The van der Waals surface area contributed by atoms with Crippen LogP contribution in [0.1, 0.15) is 16.7 Å². The summed E-state index contributed by atoms with van der Waals surface area (Å²) in [6.45, 7) is 0.143. The van der Waals surface area contributed by atoms with Crippen molar-refractivity contribution in [1.82, 2.24) is 0 Å². The molecule has 4 aromatic carbocycles. The van der Waals surface area contributed by atoms with Gasteiger partial charge < -0.3 is 10.1 Å². The van der Waals surface area contributed by atoms with Crippen molar-refractivity contribution in [1.29, 1.82) is 0 Å². The third-order valence-corrected chi connectivity index (χ3v) is 8.85. The van der Waals surface area contributed by atoms with E-state index in [9.17, 15) is 32.1 Å². The second-order valence-electron chi connectivity index (χ2n) is 8.94. The molecule has 41 heavy (non-hydrogen) atoms. The molecule has 0 saturated carbocycles. The van der Waals surface area contributed by atoms with Crippen molar-refractivity contribution in [3.8, 4) is 5.75 Å². The summed E-state index contributed by atoms with van der Waals surface area (Å²) < 4.78 is 59.5. The Kier molecular flexibility index (Phi) is 7.86. The van der Waals surface area contributed by atoms with Gasteiger partial charge in [-0.05, 0) is 53.6 Å². The number of hydrogen-bond acceptors (Lipinski definition) is 7. The highest BCUT2D eigenvalue weighted by atomic mass is 32.2. The first kappa shape index (κ1) is 28.0. The number of thioether (sulfide) groups is 1. The van der Waals surface area contributed by atoms with Crippen LogP contribution < -0.4 is 10.1 Å². The fourth-order valence-electron chi connectivity index (χ4n) is 4.05. The van der Waals surface area contributed by atoms with E-state index in [1.807, 2.05) is 30.3 Å². The molecule has 1 N–H and O–H groups in total. The number of nitrogens with zero attached hydrogens (tertiary/aromatic N) is 1. The Hall–Kier alpha value is -4.55. The van der Waals surface area contributed by atoms with Gasteiger partial charge in [0.05, 0.1) is 26.2 Å². The third kappa shape index (κ3) is 6.28. The molecular weight excluding hydrogens is 574 g/mol. The third-order valence-electron chi connectivity index (χ3n) is 6.11. The first-order valence-electron chi connectivity index (χ1n) is 12.1. The minimum absolute atomic E-state index is 0.0797. The topological polar surface area (TPSA) is 116 Å². The van der Waals surface area contributed by atoms with Crippen molar-refractivity contribution in [2.24, 2.45) is 0 Å². The molecule has 0 saturated heterocycles. The Morgan fingerprint density at radius 3 is 2.39 bits per heavy atom. The van der Waals surface area contributed by atoms with Crippen LogP contribution in [0.2, 0.25) is 0 Å². The van der Waals surface area contributed by atoms with E-state index in [1.54, 1.807) is 6.07 Å². The molecular formula is C29H20F2N2O6S2. The Balaban J connectivity index is 1.36. The average molecular weight is 595 g/mol. The summed E-state index contributed by atoms with van der Waals surface area (Å²) >= 11 is 1.05. The fraction of sp³-hybridized carbons (Fsp3) is 0.0690. The van der Waals surface area contributed by atoms with Crippen molar-refractivity contribution >= 4 is 45.0 Å². The number of amides is 1. The number of anilines is 1. The molecule has 0 spiro atoms. The Bertz CT molecular complexity index is 1790. The number of fused-ring (bicyclic) bond motifs is 1. The van der Waals surface area contributed by atoms with E-state index < -0.39 is 43.6 Å². The van der Waals surface area contributed by atoms with Gasteiger partial charge >= 0.3 is 5.69 Å². The number of carbonyl (C=O) groups excluding carboxylic acids is 1. The Labute approximate surface area is 237 Å². The average Bonchev–Trinajstić information content (AvgIpc) is 2.95. The van der Waals surface area contributed by atoms with Gasteiger partial charge in [0.25, 0.3) is 5.91 Å². The lowest BCUT2D eigenvalue weighted by molar-refractivity contribution is -0.386. The van der Waals surface area contributed by atoms with Crippen molar-refractivity contribution in [2.75, 3.05) is 5.32 Å². The predicted molar refractivity (Wildman–Crippen MR) is 150 cm³/mol. The maximum Gasteiger partial charge on any atom is 0.311 e. The normalized spacial score (nSPS) is 13.9. The van der Waals surface area contributed by atoms with Gasteiger partial charge in [-0.3, -0.25) is 14.9 Å². The summed E-state index contributed by atoms with van der Waals surface area (Å²) in [6, 6.07) is 20.6. The van der Waals surface area contributed by atoms with Crippen LogP contribution in [0.25, 0.3) is 6.08 Å². The van der Waals surface area contributed by atoms with Crippen LogP contribution in [0.15, 0.2) is 99.6 Å². The molecule has 4 aromatic rings. The number of rotatable bonds is 8. The molecule has 0 bridgehead atoms. The van der Waals surface area contributed by atoms with E-state index in [1.165, 1.54) is 36.4 Å². The SMILES string of the molecule is O=C1Nc2cc(S(=O)(=O)Cc3c(F)cccc3F)ccc2SC1=Cc1ccc(OCc2ccccc2)c([N+](=O)[O-])c1. The van der Waals surface area contributed by atoms with Crippen LogP contribution >= 0.6 is 11.8 Å². The number of nitro groups is 1. The minimum Gasteiger partial charge on any atom is -0.482 e. The number of nitrogens with one attached hydrogen (secondary N) is 1. The summed E-state index contributed by atoms with van der Waals surface area (Å²) in [5.41, 5.74) is 0.605. The lowest BCUT2D eigenvalue weighted by atomic mass is 10.1. The largest absolute Gasteiger partial charge is 0.482 e. The van der Waals surface area contributed by atoms with E-state index in [0.717, 1.165) is 35.5 Å². The maximum atomic E-state index is 14.0. The minimum atomic E-state index is -4.14. The van der Waals surface area contributed by atoms with Crippen molar-refractivity contribution in [3.63, 3.8) is 0 Å². The smallest absolute Gasteiger partial charge is 0.311 e. The zero-order valence-corrected chi connectivity index (χ0v) is 22.7. The number of hydrogen-bond donors (Lipinski definition) is 1. The molecule has 1 amide bonds. The standard InChI is InChI=1S/C29H20F2N2O6S2/c30-22-7-4-8-23(31)21(22)17-41(37,38)20-10-12-27-24(15-20)32-29(34)28(40-27)14-19-9-11-26(25(13-19)33(35)36)39-16-18-5-2-1-3-6-18/h1-15H,16-17H2,(H,32,34). The lowest BCUT2D eigenvalue weighted by Crippen LogP contribution is -2.18. The number of halogens is 2. The van der Waals surface area contributed by atoms with E-state index >= 15 is 0 Å². The van der Waals surface area contributed by atoms with Crippen molar-refractivity contribution < 1.29 is 31.7 Å². The summed E-state index contributed by atoms with van der Waals surface area (Å²) in [5.74, 6) is -3.30. The van der Waals surface area contributed by atoms with E-state index in [4.69, 9.17) is 4.74 Å². The summed E-state index contributed by atoms with van der Waals surface area (Å²) in [4.78, 5) is 24.5. The first-order chi connectivity index (χ1) is 19.6. The van der Waals surface area contributed by atoms with Gasteiger partial charge in [-0.1, -0.05) is 54.2 Å². The van der Waals surface area contributed by atoms with Crippen LogP contribution in [0, 0.1) is 21.7 Å². The fourth-order valence-corrected chi connectivity index (χ4v) is 6.38. The highest BCUT2D eigenvalue weighted by molar-refractivity contribution is 8.04. The van der Waals surface area contributed by atoms with Crippen LogP contribution in [0.4, 0.5) is 20.2 Å². The second-order valence-corrected chi connectivity index (χ2v) is 12.0. The predicted octanol–water partition coefficient (Wildman–Crippen LogP) is 6.51. The molecule has 0 aromatic heterocycles. The maximum absolute atomic E-state index is 14.0. The van der Waals surface area contributed by atoms with Gasteiger partial charge in [0.1, 0.15) is 18.2 Å². The highest BCUT2D eigenvalue weighted by Crippen LogP contribution is 2.41. The number of ether oxygens (including phenoxy) is 1. The quantitative estimate of drug-likeness (QED) is 0.140. The van der Waals surface area contributed by atoms with Gasteiger partial charge in [-0.25, -0.2) is 17.2 Å². The van der Waals surface area contributed by atoms with Crippen LogP contribution in [-0.4, -0.2) is 19.2 Å². The molecule has 208 valence electrons. The molecule has 1 aliphatic heterocycles. The molecule has 5 rings (SSSR count). The van der Waals surface area contributed by atoms with E-state index in [0.29, 0.717) is 10.5 Å². The molecule has 1 heterocycles. The second kappa shape index (κ2) is 11.5. The molecule has 8 nitrogen and oxygen atoms in total. The molecule has 12 heteroatoms. The van der Waals surface area contributed by atoms with Gasteiger partial charge in [0, 0.05) is 16.5 Å². The number of sulfone groups is 1. The van der Waals surface area contributed by atoms with Gasteiger partial charge in [-0.15, -0.1) is 0 Å². The van der Waals surface area contributed by atoms with Crippen LogP contribution in [0.5, 0.6) is 5.75 Å². The summed E-state index contributed by atoms with van der Waals surface area (Å²) in [6.07, 6.45) is 1.47. The van der Waals surface area contributed by atoms with E-state index in [-0.39, 0.29) is 33.5 Å². The summed E-state index contributed by atoms with van der Waals surface area (Å²) in [7, 11) is -4.14. The van der Waals surface area contributed by atoms with Crippen molar-refractivity contribution in [2.45, 2.75) is 22.2 Å². The molecule has 0 unspecified atom stereocenters. The zero-order chi connectivity index (χ0) is 29.1. The highest BCUT2D eigenvalue weighted by Gasteiger charge is 2.26. The van der Waals surface area contributed by atoms with Gasteiger partial charge in [0.2, 0.25) is 0 Å². The summed E-state index contributed by atoms with van der Waals surface area (Å²) in [5, 5.41) is 14.3. The molecule has 1 aliphatic rings. The lowest BCUT2D eigenvalue weighted by Gasteiger charge is -2.19. The van der Waals surface area contributed by atoms with E-state index in [2.05, 4.69) is 5.32 Å². The molecule has 0 atom stereocenters. The first-order valence-corrected chi connectivity index (χ1v) is 14.5. The monoisotopic (exact) mass is 594 g/mol. The zero-order valence-electron chi connectivity index (χ0n) is 21.0. The molecule has 0 fully saturated rings. The van der Waals surface area contributed by atoms with Gasteiger partial charge in [0.15, 0.2) is 15.6 Å². The van der Waals surface area contributed by atoms with Crippen LogP contribution in [-0.2, 0) is 27.0 Å². The number of nitro benzene ring substituents is 1. The van der Waals surface area contributed by atoms with Crippen molar-refractivity contribution in [3.05, 3.63) is 128 Å². The number of carbonyl (C=O) groups is 1. The Morgan fingerprint density at radius 2 is 1.68 bits per heavy atom. The number of benzene rings is 4. The molecule has 0 radical (unpaired) electrons.